The minimum Gasteiger partial charge on any atom is -0.357 e. The quantitative estimate of drug-likeness (QED) is 0.298. The number of rotatable bonds is 7. The third kappa shape index (κ3) is 6.63. The molecule has 5 nitrogen and oxygen atoms in total. The van der Waals surface area contributed by atoms with Crippen molar-refractivity contribution in [1.29, 1.82) is 0 Å². The SMILES string of the molecule is CCNC(=NCc1cccc(Cn2ccnc2)c1)NCc1ccccc1F.I. The van der Waals surface area contributed by atoms with Gasteiger partial charge >= 0.3 is 0 Å². The highest BCUT2D eigenvalue weighted by Gasteiger charge is 2.03. The topological polar surface area (TPSA) is 54.2 Å². The molecular formula is C21H25FIN5. The fourth-order valence-corrected chi connectivity index (χ4v) is 2.75. The summed E-state index contributed by atoms with van der Waals surface area (Å²) in [4.78, 5) is 8.69. The molecule has 0 aliphatic heterocycles. The molecule has 7 heteroatoms. The van der Waals surface area contributed by atoms with Gasteiger partial charge in [0.05, 0.1) is 12.9 Å². The molecule has 148 valence electrons. The minimum atomic E-state index is -0.215. The van der Waals surface area contributed by atoms with E-state index in [0.717, 1.165) is 18.7 Å². The van der Waals surface area contributed by atoms with Crippen LogP contribution in [0.25, 0.3) is 0 Å². The van der Waals surface area contributed by atoms with Crippen LogP contribution < -0.4 is 10.6 Å². The van der Waals surface area contributed by atoms with Gasteiger partial charge in [-0.15, -0.1) is 24.0 Å². The molecule has 2 N–H and O–H groups in total. The van der Waals surface area contributed by atoms with Crippen molar-refractivity contribution in [3.05, 3.63) is 89.8 Å². The van der Waals surface area contributed by atoms with Crippen molar-refractivity contribution >= 4 is 29.9 Å². The molecule has 0 aliphatic rings. The van der Waals surface area contributed by atoms with Crippen LogP contribution in [0, 0.1) is 5.82 Å². The molecule has 0 saturated carbocycles. The molecule has 0 spiro atoms. The summed E-state index contributed by atoms with van der Waals surface area (Å²) < 4.78 is 15.8. The molecule has 0 aliphatic carbocycles. The number of aromatic nitrogens is 2. The first-order chi connectivity index (χ1) is 13.2. The van der Waals surface area contributed by atoms with E-state index in [-0.39, 0.29) is 29.8 Å². The van der Waals surface area contributed by atoms with Crippen LogP contribution in [0.15, 0.2) is 72.2 Å². The lowest BCUT2D eigenvalue weighted by Gasteiger charge is -2.12. The zero-order valence-electron chi connectivity index (χ0n) is 15.8. The van der Waals surface area contributed by atoms with Gasteiger partial charge < -0.3 is 15.2 Å². The Balaban J connectivity index is 0.00000280. The summed E-state index contributed by atoms with van der Waals surface area (Å²) in [5.41, 5.74) is 2.94. The summed E-state index contributed by atoms with van der Waals surface area (Å²) in [6.45, 7) is 4.46. The summed E-state index contributed by atoms with van der Waals surface area (Å²) in [7, 11) is 0. The van der Waals surface area contributed by atoms with Gasteiger partial charge in [-0.25, -0.2) is 14.4 Å². The first-order valence-corrected chi connectivity index (χ1v) is 9.03. The zero-order valence-corrected chi connectivity index (χ0v) is 18.1. The van der Waals surface area contributed by atoms with Gasteiger partial charge in [0.2, 0.25) is 0 Å². The monoisotopic (exact) mass is 493 g/mol. The van der Waals surface area contributed by atoms with Gasteiger partial charge in [0.15, 0.2) is 5.96 Å². The van der Waals surface area contributed by atoms with Crippen molar-refractivity contribution in [3.63, 3.8) is 0 Å². The number of hydrogen-bond acceptors (Lipinski definition) is 2. The summed E-state index contributed by atoms with van der Waals surface area (Å²) in [6, 6.07) is 15.1. The first-order valence-electron chi connectivity index (χ1n) is 9.03. The van der Waals surface area contributed by atoms with E-state index in [0.29, 0.717) is 24.6 Å². The Morgan fingerprint density at radius 2 is 1.93 bits per heavy atom. The van der Waals surface area contributed by atoms with Crippen LogP contribution in [0.5, 0.6) is 0 Å². The van der Waals surface area contributed by atoms with E-state index in [1.807, 2.05) is 29.8 Å². The van der Waals surface area contributed by atoms with Gasteiger partial charge in [-0.3, -0.25) is 0 Å². The third-order valence-corrected chi connectivity index (χ3v) is 4.08. The molecular weight excluding hydrogens is 468 g/mol. The predicted octanol–water partition coefficient (Wildman–Crippen LogP) is 3.94. The van der Waals surface area contributed by atoms with Gasteiger partial charge in [0, 0.05) is 37.6 Å². The van der Waals surface area contributed by atoms with Crippen LogP contribution in [-0.2, 0) is 19.6 Å². The Bertz CT molecular complexity index is 880. The summed E-state index contributed by atoms with van der Waals surface area (Å²) in [5.74, 6) is 0.453. The first kappa shape index (κ1) is 21.9. The lowest BCUT2D eigenvalue weighted by atomic mass is 10.1. The number of imidazole rings is 1. The van der Waals surface area contributed by atoms with Crippen LogP contribution in [0.4, 0.5) is 4.39 Å². The molecule has 0 radical (unpaired) electrons. The molecule has 0 saturated heterocycles. The smallest absolute Gasteiger partial charge is 0.191 e. The molecule has 28 heavy (non-hydrogen) atoms. The summed E-state index contributed by atoms with van der Waals surface area (Å²) in [5, 5.41) is 6.38. The van der Waals surface area contributed by atoms with E-state index < -0.39 is 0 Å². The number of nitrogens with zero attached hydrogens (tertiary/aromatic N) is 3. The average molecular weight is 493 g/mol. The lowest BCUT2D eigenvalue weighted by molar-refractivity contribution is 0.604. The molecule has 0 bridgehead atoms. The third-order valence-electron chi connectivity index (χ3n) is 4.08. The van der Waals surface area contributed by atoms with Crippen LogP contribution in [0.2, 0.25) is 0 Å². The van der Waals surface area contributed by atoms with Gasteiger partial charge in [-0.05, 0) is 24.1 Å². The highest BCUT2D eigenvalue weighted by Crippen LogP contribution is 2.09. The predicted molar refractivity (Wildman–Crippen MR) is 121 cm³/mol. The van der Waals surface area contributed by atoms with Crippen molar-refractivity contribution in [2.24, 2.45) is 4.99 Å². The van der Waals surface area contributed by atoms with E-state index in [4.69, 9.17) is 0 Å². The highest BCUT2D eigenvalue weighted by atomic mass is 127. The number of guanidine groups is 1. The van der Waals surface area contributed by atoms with E-state index in [1.165, 1.54) is 11.6 Å². The molecule has 0 unspecified atom stereocenters. The second kappa shape index (κ2) is 11.4. The number of hydrogen-bond donors (Lipinski definition) is 2. The normalized spacial score (nSPS) is 11.0. The molecule has 3 aromatic rings. The van der Waals surface area contributed by atoms with Gasteiger partial charge in [0.1, 0.15) is 5.82 Å². The van der Waals surface area contributed by atoms with Crippen LogP contribution in [0.3, 0.4) is 0 Å². The molecule has 2 aromatic carbocycles. The van der Waals surface area contributed by atoms with Gasteiger partial charge in [0.25, 0.3) is 0 Å². The highest BCUT2D eigenvalue weighted by molar-refractivity contribution is 14.0. The Labute approximate surface area is 182 Å². The molecule has 0 fully saturated rings. The Kier molecular flexibility index (Phi) is 8.93. The van der Waals surface area contributed by atoms with Crippen molar-refractivity contribution in [3.8, 4) is 0 Å². The minimum absolute atomic E-state index is 0. The van der Waals surface area contributed by atoms with Gasteiger partial charge in [-0.2, -0.15) is 0 Å². The molecule has 0 amide bonds. The van der Waals surface area contributed by atoms with Crippen molar-refractivity contribution in [1.82, 2.24) is 20.2 Å². The molecule has 3 rings (SSSR count). The summed E-state index contributed by atoms with van der Waals surface area (Å²) >= 11 is 0. The van der Waals surface area contributed by atoms with E-state index in [9.17, 15) is 4.39 Å². The van der Waals surface area contributed by atoms with Crippen LogP contribution in [-0.4, -0.2) is 22.1 Å². The van der Waals surface area contributed by atoms with Crippen LogP contribution in [0.1, 0.15) is 23.6 Å². The van der Waals surface area contributed by atoms with Crippen LogP contribution >= 0.6 is 24.0 Å². The molecule has 1 aromatic heterocycles. The molecule has 1 heterocycles. The Morgan fingerprint density at radius 3 is 2.68 bits per heavy atom. The average Bonchev–Trinajstić information content (AvgIpc) is 3.18. The standard InChI is InChI=1S/C21H24FN5.HI/c1-2-24-21(26-14-19-8-3-4-9-20(19)22)25-13-17-6-5-7-18(12-17)15-27-11-10-23-16-27;/h3-12,16H,2,13-15H2,1H3,(H2,24,25,26);1H. The fraction of sp³-hybridized carbons (Fsp3) is 0.238. The van der Waals surface area contributed by atoms with Crippen molar-refractivity contribution in [2.75, 3.05) is 6.54 Å². The van der Waals surface area contributed by atoms with E-state index >= 15 is 0 Å². The van der Waals surface area contributed by atoms with Crippen molar-refractivity contribution < 1.29 is 4.39 Å². The van der Waals surface area contributed by atoms with E-state index in [1.54, 1.807) is 24.7 Å². The fourth-order valence-electron chi connectivity index (χ4n) is 2.75. The molecule has 0 atom stereocenters. The zero-order chi connectivity index (χ0) is 18.9. The number of halogens is 2. The second-order valence-corrected chi connectivity index (χ2v) is 6.20. The number of nitrogens with one attached hydrogen (secondary N) is 2. The largest absolute Gasteiger partial charge is 0.357 e. The van der Waals surface area contributed by atoms with E-state index in [2.05, 4.69) is 38.8 Å². The lowest BCUT2D eigenvalue weighted by Crippen LogP contribution is -2.37. The Hall–Kier alpha value is -2.42. The number of aliphatic imine (C=N–C) groups is 1. The maximum Gasteiger partial charge on any atom is 0.191 e. The maximum atomic E-state index is 13.8. The van der Waals surface area contributed by atoms with Gasteiger partial charge in [-0.1, -0.05) is 42.5 Å². The second-order valence-electron chi connectivity index (χ2n) is 6.20. The number of benzene rings is 2. The Morgan fingerprint density at radius 1 is 1.11 bits per heavy atom. The summed E-state index contributed by atoms with van der Waals surface area (Å²) in [6.07, 6.45) is 5.53. The van der Waals surface area contributed by atoms with Crippen molar-refractivity contribution in [2.45, 2.75) is 26.6 Å². The maximum absolute atomic E-state index is 13.8.